The molecule has 2 aliphatic rings. The van der Waals surface area contributed by atoms with Crippen molar-refractivity contribution in [2.24, 2.45) is 0 Å². The highest BCUT2D eigenvalue weighted by Gasteiger charge is 2.30. The van der Waals surface area contributed by atoms with Crippen LogP contribution < -0.4 is 0 Å². The van der Waals surface area contributed by atoms with Crippen molar-refractivity contribution >= 4 is 23.6 Å². The number of esters is 1. The molecule has 2 aliphatic carbocycles. The number of carbonyl (C=O) groups excluding carboxylic acids is 2. The Morgan fingerprint density at radius 3 is 2.77 bits per heavy atom. The molecule has 6 nitrogen and oxygen atoms in total. The number of thioether (sulfide) groups is 1. The van der Waals surface area contributed by atoms with Gasteiger partial charge >= 0.3 is 5.97 Å². The molecule has 0 bridgehead atoms. The van der Waals surface area contributed by atoms with Gasteiger partial charge in [0.1, 0.15) is 11.1 Å². The summed E-state index contributed by atoms with van der Waals surface area (Å²) in [6.07, 6.45) is 6.82. The van der Waals surface area contributed by atoms with Crippen molar-refractivity contribution in [3.8, 4) is 6.07 Å². The van der Waals surface area contributed by atoms with E-state index in [-0.39, 0.29) is 29.7 Å². The highest BCUT2D eigenvalue weighted by Crippen LogP contribution is 2.40. The van der Waals surface area contributed by atoms with Crippen molar-refractivity contribution in [2.45, 2.75) is 49.1 Å². The van der Waals surface area contributed by atoms with Gasteiger partial charge in [0.25, 0.3) is 5.91 Å². The number of likely N-dealkylation sites (N-methyl/N-ethyl adjacent to an activating group) is 1. The molecule has 0 aliphatic heterocycles. The van der Waals surface area contributed by atoms with Crippen LogP contribution >= 0.6 is 11.8 Å². The normalized spacial score (nSPS) is 17.4. The topological polar surface area (TPSA) is 83.3 Å². The number of nitrogens with zero attached hydrogens (tertiary/aromatic N) is 3. The van der Waals surface area contributed by atoms with E-state index in [2.05, 4.69) is 23.2 Å². The molecule has 1 heterocycles. The van der Waals surface area contributed by atoms with Crippen molar-refractivity contribution in [1.82, 2.24) is 9.88 Å². The third-order valence-electron chi connectivity index (χ3n) is 6.05. The van der Waals surface area contributed by atoms with Gasteiger partial charge in [0.2, 0.25) is 0 Å². The third-order valence-corrected chi connectivity index (χ3v) is 6.73. The summed E-state index contributed by atoms with van der Waals surface area (Å²) in [6.45, 7) is -0.353. The second-order valence-electron chi connectivity index (χ2n) is 8.05. The molecular formula is C24H25N3O3S. The molecule has 1 amide bonds. The average Bonchev–Trinajstić information content (AvgIpc) is 3.66. The largest absolute Gasteiger partial charge is 0.452 e. The number of aryl methyl sites for hydroxylation is 1. The number of benzene rings is 1. The Bertz CT molecular complexity index is 1060. The van der Waals surface area contributed by atoms with E-state index in [0.29, 0.717) is 10.9 Å². The molecule has 4 rings (SSSR count). The van der Waals surface area contributed by atoms with Gasteiger partial charge in [0.05, 0.1) is 17.2 Å². The molecule has 1 aromatic heterocycles. The van der Waals surface area contributed by atoms with E-state index in [4.69, 9.17) is 4.74 Å². The van der Waals surface area contributed by atoms with Crippen molar-refractivity contribution in [1.29, 1.82) is 5.26 Å². The molecule has 1 aromatic carbocycles. The standard InChI is InChI=1S/C24H25N3O3S/c1-27(21-9-5-7-15-6-3-4-8-17(15)21)22(28)14-30-24(29)18-12-20(16-10-11-16)26-23(31-2)19(18)13-25/h3-4,6,8,12,16,21H,5,7,9-11,14H2,1-2H3. The molecule has 1 fully saturated rings. The van der Waals surface area contributed by atoms with Crippen LogP contribution in [0.4, 0.5) is 0 Å². The fraction of sp³-hybridized carbons (Fsp3) is 0.417. The molecular weight excluding hydrogens is 410 g/mol. The first-order chi connectivity index (χ1) is 15.0. The molecule has 1 saturated carbocycles. The predicted octanol–water partition coefficient (Wildman–Crippen LogP) is 4.25. The molecule has 0 N–H and O–H groups in total. The summed E-state index contributed by atoms with van der Waals surface area (Å²) in [5.41, 5.74) is 3.65. The number of hydrogen-bond acceptors (Lipinski definition) is 6. The van der Waals surface area contributed by atoms with Crippen LogP contribution in [-0.4, -0.2) is 41.7 Å². The summed E-state index contributed by atoms with van der Waals surface area (Å²) >= 11 is 1.34. The number of pyridine rings is 1. The first kappa shape index (κ1) is 21.4. The van der Waals surface area contributed by atoms with Gasteiger partial charge in [-0.05, 0) is 55.6 Å². The third kappa shape index (κ3) is 4.45. The quantitative estimate of drug-likeness (QED) is 0.498. The Balaban J connectivity index is 1.47. The van der Waals surface area contributed by atoms with Gasteiger partial charge in [-0.3, -0.25) is 4.79 Å². The number of aromatic nitrogens is 1. The van der Waals surface area contributed by atoms with Crippen LogP contribution in [0.5, 0.6) is 0 Å². The van der Waals surface area contributed by atoms with E-state index in [9.17, 15) is 14.9 Å². The Morgan fingerprint density at radius 2 is 2.06 bits per heavy atom. The molecule has 1 unspecified atom stereocenters. The maximum Gasteiger partial charge on any atom is 0.340 e. The lowest BCUT2D eigenvalue weighted by Crippen LogP contribution is -2.36. The Morgan fingerprint density at radius 1 is 1.29 bits per heavy atom. The van der Waals surface area contributed by atoms with Crippen LogP contribution in [0.25, 0.3) is 0 Å². The second kappa shape index (κ2) is 9.11. The van der Waals surface area contributed by atoms with E-state index >= 15 is 0 Å². The zero-order valence-corrected chi connectivity index (χ0v) is 18.6. The van der Waals surface area contributed by atoms with Gasteiger partial charge in [-0.2, -0.15) is 5.26 Å². The molecule has 0 spiro atoms. The lowest BCUT2D eigenvalue weighted by atomic mass is 9.87. The molecule has 2 aromatic rings. The van der Waals surface area contributed by atoms with E-state index < -0.39 is 5.97 Å². The maximum atomic E-state index is 12.8. The smallest absolute Gasteiger partial charge is 0.340 e. The van der Waals surface area contributed by atoms with Crippen LogP contribution in [0.1, 0.15) is 70.4 Å². The number of amides is 1. The number of hydrogen-bond donors (Lipinski definition) is 0. The van der Waals surface area contributed by atoms with Gasteiger partial charge in [-0.15, -0.1) is 11.8 Å². The summed E-state index contributed by atoms with van der Waals surface area (Å²) < 4.78 is 5.37. The fourth-order valence-corrected chi connectivity index (χ4v) is 4.71. The highest BCUT2D eigenvalue weighted by atomic mass is 32.2. The molecule has 7 heteroatoms. The average molecular weight is 436 g/mol. The van der Waals surface area contributed by atoms with Crippen molar-refractivity contribution in [2.75, 3.05) is 19.9 Å². The summed E-state index contributed by atoms with van der Waals surface area (Å²) in [5, 5.41) is 10.1. The van der Waals surface area contributed by atoms with E-state index in [1.54, 1.807) is 18.0 Å². The minimum absolute atomic E-state index is 0.0173. The fourth-order valence-electron chi connectivity index (χ4n) is 4.16. The van der Waals surface area contributed by atoms with Gasteiger partial charge in [-0.1, -0.05) is 24.3 Å². The molecule has 1 atom stereocenters. The first-order valence-electron chi connectivity index (χ1n) is 10.5. The van der Waals surface area contributed by atoms with E-state index in [1.807, 2.05) is 18.4 Å². The molecule has 0 saturated heterocycles. The Kier molecular flexibility index (Phi) is 6.28. The van der Waals surface area contributed by atoms with E-state index in [0.717, 1.165) is 43.4 Å². The number of nitriles is 1. The summed E-state index contributed by atoms with van der Waals surface area (Å²) in [4.78, 5) is 31.8. The lowest BCUT2D eigenvalue weighted by molar-refractivity contribution is -0.135. The lowest BCUT2D eigenvalue weighted by Gasteiger charge is -2.33. The number of rotatable bonds is 6. The number of carbonyl (C=O) groups is 2. The number of ether oxygens (including phenoxy) is 1. The Hall–Kier alpha value is -2.85. The zero-order chi connectivity index (χ0) is 22.0. The second-order valence-corrected chi connectivity index (χ2v) is 8.85. The first-order valence-corrected chi connectivity index (χ1v) is 11.8. The predicted molar refractivity (Wildman–Crippen MR) is 118 cm³/mol. The van der Waals surface area contributed by atoms with Crippen molar-refractivity contribution < 1.29 is 14.3 Å². The van der Waals surface area contributed by atoms with Crippen LogP contribution in [0.15, 0.2) is 35.4 Å². The maximum absolute atomic E-state index is 12.8. The van der Waals surface area contributed by atoms with Crippen LogP contribution in [0, 0.1) is 11.3 Å². The van der Waals surface area contributed by atoms with Gasteiger partial charge in [0.15, 0.2) is 6.61 Å². The van der Waals surface area contributed by atoms with Gasteiger partial charge in [0, 0.05) is 18.7 Å². The van der Waals surface area contributed by atoms with Crippen molar-refractivity contribution in [3.63, 3.8) is 0 Å². The monoisotopic (exact) mass is 435 g/mol. The summed E-state index contributed by atoms with van der Waals surface area (Å²) in [7, 11) is 1.76. The summed E-state index contributed by atoms with van der Waals surface area (Å²) in [6, 6.07) is 11.9. The minimum atomic E-state index is -0.651. The SMILES string of the molecule is CSc1nc(C2CC2)cc(C(=O)OCC(=O)N(C)C2CCCc3ccccc32)c1C#N. The van der Waals surface area contributed by atoms with Crippen LogP contribution in [0.2, 0.25) is 0 Å². The zero-order valence-electron chi connectivity index (χ0n) is 17.8. The highest BCUT2D eigenvalue weighted by molar-refractivity contribution is 7.98. The van der Waals surface area contributed by atoms with Gasteiger partial charge < -0.3 is 9.64 Å². The van der Waals surface area contributed by atoms with E-state index in [1.165, 1.54) is 17.3 Å². The molecule has 160 valence electrons. The van der Waals surface area contributed by atoms with Crippen LogP contribution in [-0.2, 0) is 16.0 Å². The van der Waals surface area contributed by atoms with Crippen LogP contribution in [0.3, 0.4) is 0 Å². The van der Waals surface area contributed by atoms with Crippen molar-refractivity contribution in [3.05, 3.63) is 58.3 Å². The molecule has 31 heavy (non-hydrogen) atoms. The summed E-state index contributed by atoms with van der Waals surface area (Å²) in [5.74, 6) is -0.568. The minimum Gasteiger partial charge on any atom is -0.452 e. The molecule has 0 radical (unpaired) electrons. The van der Waals surface area contributed by atoms with Gasteiger partial charge in [-0.25, -0.2) is 9.78 Å². The number of fused-ring (bicyclic) bond motifs is 1. The Labute approximate surface area is 186 Å².